The number of amides is 1. The lowest BCUT2D eigenvalue weighted by atomic mass is 9.95. The first kappa shape index (κ1) is 14.4. The van der Waals surface area contributed by atoms with Crippen LogP contribution in [0.25, 0.3) is 0 Å². The van der Waals surface area contributed by atoms with Gasteiger partial charge in [-0.05, 0) is 6.42 Å². The van der Waals surface area contributed by atoms with Gasteiger partial charge in [-0.15, -0.1) is 0 Å². The van der Waals surface area contributed by atoms with Crippen molar-refractivity contribution in [1.82, 2.24) is 4.90 Å². The Hall–Kier alpha value is -0.570. The van der Waals surface area contributed by atoms with Crippen LogP contribution in [0.2, 0.25) is 0 Å². The number of carbonyl (C=O) groups is 1. The predicted molar refractivity (Wildman–Crippen MR) is 62.6 cm³/mol. The minimum absolute atomic E-state index is 0.0815. The molecule has 90 valence electrons. The van der Waals surface area contributed by atoms with Crippen molar-refractivity contribution < 1.29 is 9.90 Å². The summed E-state index contributed by atoms with van der Waals surface area (Å²) in [7, 11) is 1.75. The van der Waals surface area contributed by atoms with Gasteiger partial charge in [0.15, 0.2) is 0 Å². The van der Waals surface area contributed by atoms with Crippen molar-refractivity contribution in [3.63, 3.8) is 0 Å². The largest absolute Gasteiger partial charge is 0.391 e. The minimum Gasteiger partial charge on any atom is -0.391 e. The standard InChI is InChI=1S/C12H25NO2/c1-6-7-8-10(14)9-13(5)11(15)12(2,3)4/h10,14H,6-9H2,1-5H3. The van der Waals surface area contributed by atoms with Crippen LogP contribution in [-0.2, 0) is 4.79 Å². The molecule has 0 rings (SSSR count). The maximum Gasteiger partial charge on any atom is 0.227 e. The van der Waals surface area contributed by atoms with Crippen LogP contribution in [0, 0.1) is 5.41 Å². The number of nitrogens with zero attached hydrogens (tertiary/aromatic N) is 1. The fourth-order valence-corrected chi connectivity index (χ4v) is 1.50. The summed E-state index contributed by atoms with van der Waals surface area (Å²) in [5, 5.41) is 9.67. The molecule has 0 aromatic rings. The van der Waals surface area contributed by atoms with E-state index in [0.29, 0.717) is 6.54 Å². The van der Waals surface area contributed by atoms with E-state index < -0.39 is 0 Å². The third kappa shape index (κ3) is 5.78. The molecule has 0 aliphatic carbocycles. The molecule has 0 aliphatic heterocycles. The van der Waals surface area contributed by atoms with Crippen molar-refractivity contribution in [2.75, 3.05) is 13.6 Å². The Morgan fingerprint density at radius 2 is 1.93 bits per heavy atom. The van der Waals surface area contributed by atoms with Crippen LogP contribution in [0.5, 0.6) is 0 Å². The van der Waals surface area contributed by atoms with E-state index >= 15 is 0 Å². The van der Waals surface area contributed by atoms with Crippen molar-refractivity contribution in [3.05, 3.63) is 0 Å². The maximum absolute atomic E-state index is 11.8. The maximum atomic E-state index is 11.8. The van der Waals surface area contributed by atoms with Crippen LogP contribution in [0.4, 0.5) is 0 Å². The van der Waals surface area contributed by atoms with E-state index in [1.807, 2.05) is 20.8 Å². The topological polar surface area (TPSA) is 40.5 Å². The molecule has 0 saturated heterocycles. The van der Waals surface area contributed by atoms with E-state index in [1.54, 1.807) is 11.9 Å². The zero-order valence-electron chi connectivity index (χ0n) is 10.7. The van der Waals surface area contributed by atoms with Gasteiger partial charge in [0.05, 0.1) is 6.10 Å². The average molecular weight is 215 g/mol. The number of hydrogen-bond acceptors (Lipinski definition) is 2. The van der Waals surface area contributed by atoms with Gasteiger partial charge in [0.1, 0.15) is 0 Å². The van der Waals surface area contributed by atoms with Gasteiger partial charge < -0.3 is 10.0 Å². The summed E-state index contributed by atoms with van der Waals surface area (Å²) < 4.78 is 0. The van der Waals surface area contributed by atoms with Gasteiger partial charge in [-0.2, -0.15) is 0 Å². The minimum atomic E-state index is -0.388. The fraction of sp³-hybridized carbons (Fsp3) is 0.917. The van der Waals surface area contributed by atoms with Crippen LogP contribution in [-0.4, -0.2) is 35.6 Å². The van der Waals surface area contributed by atoms with E-state index in [4.69, 9.17) is 0 Å². The van der Waals surface area contributed by atoms with Gasteiger partial charge in [0.25, 0.3) is 0 Å². The summed E-state index contributed by atoms with van der Waals surface area (Å²) >= 11 is 0. The molecule has 15 heavy (non-hydrogen) atoms. The molecule has 3 nitrogen and oxygen atoms in total. The summed E-state index contributed by atoms with van der Waals surface area (Å²) in [4.78, 5) is 13.4. The molecule has 1 unspecified atom stereocenters. The number of aliphatic hydroxyl groups excluding tert-OH is 1. The molecule has 1 N–H and O–H groups in total. The first-order valence-electron chi connectivity index (χ1n) is 5.72. The fourth-order valence-electron chi connectivity index (χ4n) is 1.50. The van der Waals surface area contributed by atoms with Gasteiger partial charge in [-0.25, -0.2) is 0 Å². The number of aliphatic hydroxyl groups is 1. The first-order chi connectivity index (χ1) is 6.79. The van der Waals surface area contributed by atoms with E-state index in [0.717, 1.165) is 19.3 Å². The predicted octanol–water partition coefficient (Wildman–Crippen LogP) is 2.04. The highest BCUT2D eigenvalue weighted by Gasteiger charge is 2.25. The lowest BCUT2D eigenvalue weighted by Gasteiger charge is -2.27. The second-order valence-electron chi connectivity index (χ2n) is 5.23. The Balaban J connectivity index is 4.02. The third-order valence-corrected chi connectivity index (χ3v) is 2.36. The molecule has 0 aromatic carbocycles. The number of likely N-dealkylation sites (N-methyl/N-ethyl adjacent to an activating group) is 1. The molecular weight excluding hydrogens is 190 g/mol. The number of unbranched alkanes of at least 4 members (excludes halogenated alkanes) is 1. The number of hydrogen-bond donors (Lipinski definition) is 1. The smallest absolute Gasteiger partial charge is 0.227 e. The lowest BCUT2D eigenvalue weighted by molar-refractivity contribution is -0.139. The first-order valence-corrected chi connectivity index (χ1v) is 5.72. The van der Waals surface area contributed by atoms with E-state index in [2.05, 4.69) is 6.92 Å². The molecule has 0 bridgehead atoms. The van der Waals surface area contributed by atoms with Crippen LogP contribution >= 0.6 is 0 Å². The van der Waals surface area contributed by atoms with Crippen LogP contribution in [0.3, 0.4) is 0 Å². The van der Waals surface area contributed by atoms with Crippen LogP contribution < -0.4 is 0 Å². The van der Waals surface area contributed by atoms with Crippen LogP contribution in [0.1, 0.15) is 47.0 Å². The van der Waals surface area contributed by atoms with Gasteiger partial charge >= 0.3 is 0 Å². The Labute approximate surface area is 93.5 Å². The number of rotatable bonds is 5. The molecule has 0 fully saturated rings. The molecule has 0 aromatic heterocycles. The molecular formula is C12H25NO2. The zero-order chi connectivity index (χ0) is 12.1. The Morgan fingerprint density at radius 3 is 2.33 bits per heavy atom. The summed E-state index contributed by atoms with van der Waals surface area (Å²) in [5.74, 6) is 0.0815. The van der Waals surface area contributed by atoms with E-state index in [-0.39, 0.29) is 17.4 Å². The van der Waals surface area contributed by atoms with Crippen molar-refractivity contribution in [3.8, 4) is 0 Å². The molecule has 3 heteroatoms. The Bertz CT molecular complexity index is 196. The molecule has 0 saturated carbocycles. The third-order valence-electron chi connectivity index (χ3n) is 2.36. The molecule has 0 heterocycles. The molecule has 0 spiro atoms. The average Bonchev–Trinajstić information content (AvgIpc) is 2.11. The molecule has 0 aliphatic rings. The monoisotopic (exact) mass is 215 g/mol. The van der Waals surface area contributed by atoms with Crippen molar-refractivity contribution in [2.24, 2.45) is 5.41 Å². The second kappa shape index (κ2) is 6.11. The van der Waals surface area contributed by atoms with Gasteiger partial charge in [0.2, 0.25) is 5.91 Å². The van der Waals surface area contributed by atoms with E-state index in [9.17, 15) is 9.90 Å². The van der Waals surface area contributed by atoms with Gasteiger partial charge in [-0.1, -0.05) is 40.5 Å². The summed E-state index contributed by atoms with van der Waals surface area (Å²) in [6.45, 7) is 8.21. The normalized spacial score (nSPS) is 13.7. The van der Waals surface area contributed by atoms with Crippen molar-refractivity contribution in [1.29, 1.82) is 0 Å². The zero-order valence-corrected chi connectivity index (χ0v) is 10.7. The Morgan fingerprint density at radius 1 is 1.40 bits per heavy atom. The van der Waals surface area contributed by atoms with E-state index in [1.165, 1.54) is 0 Å². The second-order valence-corrected chi connectivity index (χ2v) is 5.23. The SMILES string of the molecule is CCCCC(O)CN(C)C(=O)C(C)(C)C. The van der Waals surface area contributed by atoms with Gasteiger partial charge in [0, 0.05) is 19.0 Å². The van der Waals surface area contributed by atoms with Gasteiger partial charge in [-0.3, -0.25) is 4.79 Å². The Kier molecular flexibility index (Phi) is 5.88. The molecule has 0 radical (unpaired) electrons. The highest BCUT2D eigenvalue weighted by molar-refractivity contribution is 5.81. The summed E-state index contributed by atoms with van der Waals surface area (Å²) in [5.41, 5.74) is -0.362. The van der Waals surface area contributed by atoms with Crippen molar-refractivity contribution >= 4 is 5.91 Å². The quantitative estimate of drug-likeness (QED) is 0.762. The molecule has 1 atom stereocenters. The lowest BCUT2D eigenvalue weighted by Crippen LogP contribution is -2.40. The van der Waals surface area contributed by atoms with Crippen LogP contribution in [0.15, 0.2) is 0 Å². The summed E-state index contributed by atoms with van der Waals surface area (Å²) in [6, 6.07) is 0. The number of carbonyl (C=O) groups excluding carboxylic acids is 1. The summed E-state index contributed by atoms with van der Waals surface area (Å²) in [6.07, 6.45) is 2.48. The highest BCUT2D eigenvalue weighted by Crippen LogP contribution is 2.16. The molecule has 1 amide bonds. The highest BCUT2D eigenvalue weighted by atomic mass is 16.3. The van der Waals surface area contributed by atoms with Crippen molar-refractivity contribution in [2.45, 2.75) is 53.1 Å².